The number of guanidine groups is 1. The smallest absolute Gasteiger partial charge is 0.251 e. The van der Waals surface area contributed by atoms with Gasteiger partial charge in [0, 0.05) is 43.5 Å². The van der Waals surface area contributed by atoms with E-state index in [1.807, 2.05) is 37.3 Å². The molecule has 0 unspecified atom stereocenters. The lowest BCUT2D eigenvalue weighted by molar-refractivity contribution is -0.108. The number of carbonyl (C=O) groups excluding carboxylic acids is 1. The number of amides is 1. The highest BCUT2D eigenvalue weighted by Gasteiger charge is 2.56. The molecular formula is C32H44FN5O. The summed E-state index contributed by atoms with van der Waals surface area (Å²) < 4.78 is 14.1. The molecule has 2 bridgehead atoms. The van der Waals surface area contributed by atoms with Gasteiger partial charge in [0.1, 0.15) is 5.82 Å². The topological polar surface area (TPSA) is 68.8 Å². The lowest BCUT2D eigenvalue weighted by Gasteiger charge is -2.61. The number of anilines is 1. The highest BCUT2D eigenvalue weighted by Crippen LogP contribution is 2.61. The van der Waals surface area contributed by atoms with Crippen LogP contribution in [0.15, 0.2) is 47.5 Å². The molecule has 39 heavy (non-hydrogen) atoms. The first-order valence-corrected chi connectivity index (χ1v) is 14.6. The quantitative estimate of drug-likeness (QED) is 0.351. The van der Waals surface area contributed by atoms with Crippen LogP contribution in [-0.4, -0.2) is 55.0 Å². The number of aryl methyl sites for hydroxylation is 1. The van der Waals surface area contributed by atoms with Crippen molar-refractivity contribution in [2.75, 3.05) is 31.5 Å². The Bertz CT molecular complexity index is 1210. The van der Waals surface area contributed by atoms with Crippen LogP contribution in [0.25, 0.3) is 0 Å². The lowest BCUT2D eigenvalue weighted by atomic mass is 9.45. The van der Waals surface area contributed by atoms with Gasteiger partial charge >= 0.3 is 0 Å². The molecule has 7 heteroatoms. The number of halogens is 1. The van der Waals surface area contributed by atoms with Crippen molar-refractivity contribution in [3.8, 4) is 0 Å². The lowest BCUT2D eigenvalue weighted by Crippen LogP contribution is -2.57. The predicted molar refractivity (Wildman–Crippen MR) is 157 cm³/mol. The molecule has 3 N–H and O–H groups in total. The average Bonchev–Trinajstić information content (AvgIpc) is 2.90. The third kappa shape index (κ3) is 5.98. The van der Waals surface area contributed by atoms with Crippen LogP contribution in [-0.2, 0) is 6.42 Å². The molecular weight excluding hydrogens is 489 g/mol. The number of benzene rings is 2. The fraction of sp³-hybridized carbons (Fsp3) is 0.562. The molecule has 1 heterocycles. The van der Waals surface area contributed by atoms with Crippen LogP contribution in [0.2, 0.25) is 0 Å². The predicted octanol–water partition coefficient (Wildman–Crippen LogP) is 5.24. The number of carbonyl (C=O) groups is 1. The third-order valence-electron chi connectivity index (χ3n) is 9.56. The molecule has 210 valence electrons. The van der Waals surface area contributed by atoms with E-state index in [9.17, 15) is 9.18 Å². The van der Waals surface area contributed by atoms with Crippen molar-refractivity contribution in [3.63, 3.8) is 0 Å². The van der Waals surface area contributed by atoms with Crippen LogP contribution in [0.3, 0.4) is 0 Å². The third-order valence-corrected chi connectivity index (χ3v) is 9.56. The number of rotatable bonds is 6. The number of nitrogens with one attached hydrogen (secondary N) is 3. The minimum Gasteiger partial charge on any atom is -0.352 e. The van der Waals surface area contributed by atoms with Crippen LogP contribution in [0, 0.1) is 35.9 Å². The Morgan fingerprint density at radius 3 is 2.59 bits per heavy atom. The van der Waals surface area contributed by atoms with Crippen LogP contribution in [0.5, 0.6) is 0 Å². The summed E-state index contributed by atoms with van der Waals surface area (Å²) in [6.07, 6.45) is 2.96. The van der Waals surface area contributed by atoms with Crippen molar-refractivity contribution in [2.24, 2.45) is 28.2 Å². The van der Waals surface area contributed by atoms with Gasteiger partial charge in [-0.15, -0.1) is 0 Å². The van der Waals surface area contributed by atoms with Crippen LogP contribution < -0.4 is 16.0 Å². The molecule has 1 saturated heterocycles. The van der Waals surface area contributed by atoms with Gasteiger partial charge in [-0.3, -0.25) is 4.79 Å². The Kier molecular flexibility index (Phi) is 7.99. The maximum absolute atomic E-state index is 14.1. The molecule has 2 aromatic carbocycles. The molecule has 0 aromatic heterocycles. The molecule has 5 atom stereocenters. The first-order chi connectivity index (χ1) is 18.6. The van der Waals surface area contributed by atoms with E-state index in [1.54, 1.807) is 6.07 Å². The number of fused-ring (bicyclic) bond motifs is 2. The average molecular weight is 534 g/mol. The molecule has 0 spiro atoms. The largest absolute Gasteiger partial charge is 0.352 e. The summed E-state index contributed by atoms with van der Waals surface area (Å²) in [4.78, 5) is 20.4. The molecule has 4 aliphatic rings. The van der Waals surface area contributed by atoms with Gasteiger partial charge in [-0.25, -0.2) is 9.38 Å². The summed E-state index contributed by atoms with van der Waals surface area (Å²) in [5.74, 6) is 2.64. The normalized spacial score (nSPS) is 28.0. The van der Waals surface area contributed by atoms with E-state index >= 15 is 0 Å². The molecule has 1 aliphatic heterocycles. The minimum absolute atomic E-state index is 0.156. The molecule has 0 radical (unpaired) electrons. The fourth-order valence-electron chi connectivity index (χ4n) is 6.87. The van der Waals surface area contributed by atoms with Crippen molar-refractivity contribution in [3.05, 3.63) is 65.0 Å². The van der Waals surface area contributed by atoms with Gasteiger partial charge in [-0.2, -0.15) is 0 Å². The Hall–Kier alpha value is -2.93. The Morgan fingerprint density at radius 1 is 1.15 bits per heavy atom. The van der Waals surface area contributed by atoms with E-state index in [2.05, 4.69) is 48.5 Å². The zero-order valence-electron chi connectivity index (χ0n) is 24.1. The number of nitrogens with zero attached hydrogens (tertiary/aromatic N) is 2. The van der Waals surface area contributed by atoms with E-state index in [0.717, 1.165) is 55.1 Å². The maximum Gasteiger partial charge on any atom is 0.251 e. The Morgan fingerprint density at radius 2 is 1.92 bits per heavy atom. The summed E-state index contributed by atoms with van der Waals surface area (Å²) in [6, 6.07) is 13.5. The molecule has 3 saturated carbocycles. The highest BCUT2D eigenvalue weighted by atomic mass is 19.1. The van der Waals surface area contributed by atoms with E-state index < -0.39 is 0 Å². The summed E-state index contributed by atoms with van der Waals surface area (Å²) >= 11 is 0. The number of hydrogen-bond acceptors (Lipinski definition) is 3. The van der Waals surface area contributed by atoms with E-state index in [1.165, 1.54) is 12.5 Å². The van der Waals surface area contributed by atoms with Crippen molar-refractivity contribution >= 4 is 17.6 Å². The molecule has 6 rings (SSSR count). The van der Waals surface area contributed by atoms with Gasteiger partial charge in [-0.1, -0.05) is 32.9 Å². The van der Waals surface area contributed by atoms with Crippen molar-refractivity contribution < 1.29 is 9.18 Å². The molecule has 3 aliphatic carbocycles. The number of piperazine rings is 1. The summed E-state index contributed by atoms with van der Waals surface area (Å²) in [7, 11) is 0. The second-order valence-corrected chi connectivity index (χ2v) is 12.6. The van der Waals surface area contributed by atoms with Crippen molar-refractivity contribution in [1.82, 2.24) is 15.5 Å². The van der Waals surface area contributed by atoms with Crippen LogP contribution in [0.1, 0.15) is 62.0 Å². The van der Waals surface area contributed by atoms with Gasteiger partial charge in [-0.05, 0) is 97.7 Å². The first kappa shape index (κ1) is 27.6. The molecule has 1 amide bonds. The summed E-state index contributed by atoms with van der Waals surface area (Å²) in [5, 5.41) is 10.0. The summed E-state index contributed by atoms with van der Waals surface area (Å²) in [6.45, 7) is 14.5. The van der Waals surface area contributed by atoms with Crippen molar-refractivity contribution in [1.29, 1.82) is 0 Å². The fourth-order valence-corrected chi connectivity index (χ4v) is 6.87. The maximum atomic E-state index is 14.1. The second-order valence-electron chi connectivity index (χ2n) is 12.6. The van der Waals surface area contributed by atoms with Gasteiger partial charge in [0.15, 0.2) is 5.96 Å². The Balaban J connectivity index is 1.24. The SMILES string of the molecule is Cc1ccc(CCNC(=O)c2ccc(NC(=N[C@H]3C[C@@H]4C[C@H]([C@@H]3C)C4(C)C)N3CCN[C@@H](C)C3)cc2)c(F)c1. The molecule has 4 fully saturated rings. The first-order valence-electron chi connectivity index (χ1n) is 14.6. The highest BCUT2D eigenvalue weighted by molar-refractivity contribution is 5.96. The van der Waals surface area contributed by atoms with E-state index in [4.69, 9.17) is 4.99 Å². The molecule has 6 nitrogen and oxygen atoms in total. The number of hydrogen-bond donors (Lipinski definition) is 3. The monoisotopic (exact) mass is 533 g/mol. The zero-order valence-corrected chi connectivity index (χ0v) is 24.1. The van der Waals surface area contributed by atoms with Gasteiger partial charge in [0.25, 0.3) is 5.91 Å². The van der Waals surface area contributed by atoms with Crippen LogP contribution >= 0.6 is 0 Å². The van der Waals surface area contributed by atoms with Gasteiger partial charge < -0.3 is 20.9 Å². The van der Waals surface area contributed by atoms with Gasteiger partial charge in [0.2, 0.25) is 0 Å². The zero-order chi connectivity index (χ0) is 27.7. The standard InChI is InChI=1S/C32H44FN5O/c1-20-6-7-23(28(33)16-20)12-13-35-30(39)24-8-10-26(11-9-24)36-31(38-15-14-34-21(2)19-38)37-29-18-25-17-27(22(29)3)32(25,4)5/h6-11,16,21-22,25,27,29,34H,12-15,17-19H2,1-5H3,(H,35,39)(H,36,37)/t21-,22-,25-,27+,29-/m0/s1. The summed E-state index contributed by atoms with van der Waals surface area (Å²) in [5.41, 5.74) is 3.45. The number of aliphatic imine (C=N–C) groups is 1. The molecule has 2 aromatic rings. The van der Waals surface area contributed by atoms with E-state index in [0.29, 0.717) is 47.5 Å². The van der Waals surface area contributed by atoms with Crippen molar-refractivity contribution in [2.45, 2.75) is 66.0 Å². The Labute approximate surface area is 232 Å². The van der Waals surface area contributed by atoms with E-state index in [-0.39, 0.29) is 11.7 Å². The van der Waals surface area contributed by atoms with Crippen LogP contribution in [0.4, 0.5) is 10.1 Å². The second kappa shape index (κ2) is 11.3. The minimum atomic E-state index is -0.223. The van der Waals surface area contributed by atoms with Gasteiger partial charge in [0.05, 0.1) is 6.04 Å².